The van der Waals surface area contributed by atoms with E-state index in [2.05, 4.69) is 15.5 Å². The van der Waals surface area contributed by atoms with Crippen LogP contribution in [0.5, 0.6) is 0 Å². The fourth-order valence-corrected chi connectivity index (χ4v) is 2.89. The van der Waals surface area contributed by atoms with Gasteiger partial charge in [0, 0.05) is 5.56 Å². The van der Waals surface area contributed by atoms with Crippen molar-refractivity contribution >= 4 is 5.91 Å². The Kier molecular flexibility index (Phi) is 3.80. The monoisotopic (exact) mass is 337 g/mol. The first-order valence-corrected chi connectivity index (χ1v) is 8.10. The highest BCUT2D eigenvalue weighted by Crippen LogP contribution is 2.52. The second-order valence-corrected chi connectivity index (χ2v) is 6.15. The van der Waals surface area contributed by atoms with Crippen LogP contribution in [0.15, 0.2) is 59.1 Å². The molecule has 0 aliphatic heterocycles. The Morgan fingerprint density at radius 3 is 2.52 bits per heavy atom. The van der Waals surface area contributed by atoms with Crippen LogP contribution < -0.4 is 5.32 Å². The molecule has 2 aromatic carbocycles. The number of rotatable bonds is 5. The molecule has 4 rings (SSSR count). The van der Waals surface area contributed by atoms with Crippen molar-refractivity contribution in [1.29, 1.82) is 0 Å². The first-order chi connectivity index (χ1) is 12.2. The average Bonchev–Trinajstić information content (AvgIpc) is 3.32. The Hall–Kier alpha value is -3.02. The van der Waals surface area contributed by atoms with E-state index >= 15 is 0 Å². The Bertz CT molecular complexity index is 887. The predicted octanol–water partition coefficient (Wildman–Crippen LogP) is 3.22. The Balaban J connectivity index is 1.46. The Morgan fingerprint density at radius 1 is 1.12 bits per heavy atom. The van der Waals surface area contributed by atoms with Gasteiger partial charge in [-0.3, -0.25) is 4.79 Å². The fourth-order valence-electron chi connectivity index (χ4n) is 2.89. The van der Waals surface area contributed by atoms with Crippen LogP contribution in [0, 0.1) is 5.82 Å². The van der Waals surface area contributed by atoms with Gasteiger partial charge < -0.3 is 9.84 Å². The van der Waals surface area contributed by atoms with Gasteiger partial charge in [-0.15, -0.1) is 0 Å². The second kappa shape index (κ2) is 6.12. The van der Waals surface area contributed by atoms with Gasteiger partial charge in [-0.1, -0.05) is 35.5 Å². The maximum Gasteiger partial charge on any atom is 0.251 e. The summed E-state index contributed by atoms with van der Waals surface area (Å²) in [4.78, 5) is 16.5. The zero-order valence-electron chi connectivity index (χ0n) is 13.4. The number of hydrogen-bond acceptors (Lipinski definition) is 4. The molecule has 0 bridgehead atoms. The third kappa shape index (κ3) is 3.03. The van der Waals surface area contributed by atoms with Crippen molar-refractivity contribution < 1.29 is 13.7 Å². The van der Waals surface area contributed by atoms with E-state index in [4.69, 9.17) is 4.52 Å². The van der Waals surface area contributed by atoms with Gasteiger partial charge in [0.15, 0.2) is 5.82 Å². The maximum atomic E-state index is 13.1. The molecule has 0 radical (unpaired) electrons. The molecular weight excluding hydrogens is 321 g/mol. The van der Waals surface area contributed by atoms with E-state index in [-0.39, 0.29) is 23.7 Å². The van der Waals surface area contributed by atoms with Crippen LogP contribution in [-0.2, 0) is 12.0 Å². The maximum absolute atomic E-state index is 13.1. The van der Waals surface area contributed by atoms with Crippen molar-refractivity contribution in [1.82, 2.24) is 15.5 Å². The Morgan fingerprint density at radius 2 is 1.84 bits per heavy atom. The highest BCUT2D eigenvalue weighted by atomic mass is 19.1. The number of carbonyl (C=O) groups is 1. The molecule has 1 heterocycles. The summed E-state index contributed by atoms with van der Waals surface area (Å²) >= 11 is 0. The van der Waals surface area contributed by atoms with Gasteiger partial charge in [-0.25, -0.2) is 4.39 Å². The smallest absolute Gasteiger partial charge is 0.251 e. The average molecular weight is 337 g/mol. The molecule has 1 amide bonds. The molecule has 0 atom stereocenters. The molecule has 1 N–H and O–H groups in total. The molecule has 1 aliphatic rings. The number of benzene rings is 2. The van der Waals surface area contributed by atoms with Gasteiger partial charge in [0.05, 0.1) is 12.0 Å². The minimum absolute atomic E-state index is 0.188. The molecule has 25 heavy (non-hydrogen) atoms. The molecule has 126 valence electrons. The molecule has 1 saturated carbocycles. The number of halogens is 1. The van der Waals surface area contributed by atoms with Crippen LogP contribution in [0.2, 0.25) is 0 Å². The van der Waals surface area contributed by atoms with Gasteiger partial charge >= 0.3 is 0 Å². The minimum Gasteiger partial charge on any atom is -0.345 e. The van der Waals surface area contributed by atoms with E-state index in [1.807, 2.05) is 6.07 Å². The summed E-state index contributed by atoms with van der Waals surface area (Å²) in [7, 11) is 0. The van der Waals surface area contributed by atoms with Crippen LogP contribution in [0.1, 0.15) is 40.5 Å². The summed E-state index contributed by atoms with van der Waals surface area (Å²) in [5.41, 5.74) is 1.23. The third-order valence-electron chi connectivity index (χ3n) is 4.47. The fraction of sp³-hybridized carbons (Fsp3) is 0.211. The van der Waals surface area contributed by atoms with Gasteiger partial charge in [-0.05, 0) is 42.7 Å². The van der Waals surface area contributed by atoms with Crippen molar-refractivity contribution in [3.63, 3.8) is 0 Å². The molecule has 0 spiro atoms. The van der Waals surface area contributed by atoms with E-state index in [0.717, 1.165) is 18.4 Å². The molecule has 3 aromatic rings. The SMILES string of the molecule is O=C(NCc1noc(C2(c3ccc(F)cc3)CC2)n1)c1ccccc1. The number of nitrogens with zero attached hydrogens (tertiary/aromatic N) is 2. The van der Waals surface area contributed by atoms with E-state index in [1.165, 1.54) is 12.1 Å². The van der Waals surface area contributed by atoms with Crippen molar-refractivity contribution in [2.45, 2.75) is 24.8 Å². The Labute approximate surface area is 143 Å². The van der Waals surface area contributed by atoms with Gasteiger partial charge in [0.25, 0.3) is 5.91 Å². The summed E-state index contributed by atoms with van der Waals surface area (Å²) in [5.74, 6) is 0.483. The molecule has 1 aliphatic carbocycles. The van der Waals surface area contributed by atoms with Gasteiger partial charge in [0.2, 0.25) is 5.89 Å². The van der Waals surface area contributed by atoms with Gasteiger partial charge in [0.1, 0.15) is 5.82 Å². The summed E-state index contributed by atoms with van der Waals surface area (Å²) in [6.45, 7) is 0.191. The number of aromatic nitrogens is 2. The lowest BCUT2D eigenvalue weighted by atomic mass is 9.96. The molecule has 5 nitrogen and oxygen atoms in total. The molecule has 0 saturated heterocycles. The van der Waals surface area contributed by atoms with Crippen molar-refractivity contribution in [2.75, 3.05) is 0 Å². The molecule has 1 aromatic heterocycles. The van der Waals surface area contributed by atoms with E-state index < -0.39 is 0 Å². The van der Waals surface area contributed by atoms with E-state index in [0.29, 0.717) is 17.3 Å². The van der Waals surface area contributed by atoms with Crippen molar-refractivity contribution in [2.24, 2.45) is 0 Å². The second-order valence-electron chi connectivity index (χ2n) is 6.15. The number of nitrogens with one attached hydrogen (secondary N) is 1. The summed E-state index contributed by atoms with van der Waals surface area (Å²) in [6.07, 6.45) is 1.77. The predicted molar refractivity (Wildman–Crippen MR) is 88.3 cm³/mol. The van der Waals surface area contributed by atoms with Crippen LogP contribution >= 0.6 is 0 Å². The highest BCUT2D eigenvalue weighted by Gasteiger charge is 2.50. The van der Waals surface area contributed by atoms with Crippen LogP contribution in [0.3, 0.4) is 0 Å². The lowest BCUT2D eigenvalue weighted by Crippen LogP contribution is -2.23. The molecule has 6 heteroatoms. The standard InChI is InChI=1S/C19H16FN3O2/c20-15-8-6-14(7-9-15)19(10-11-19)18-22-16(23-25-18)12-21-17(24)13-4-2-1-3-5-13/h1-9H,10-12H2,(H,21,24). The minimum atomic E-state index is -0.317. The summed E-state index contributed by atoms with van der Waals surface area (Å²) in [5, 5.41) is 6.73. The van der Waals surface area contributed by atoms with Gasteiger partial charge in [-0.2, -0.15) is 4.98 Å². The number of carbonyl (C=O) groups excluding carboxylic acids is 1. The first kappa shape index (κ1) is 15.5. The van der Waals surface area contributed by atoms with E-state index in [9.17, 15) is 9.18 Å². The largest absolute Gasteiger partial charge is 0.345 e. The van der Waals surface area contributed by atoms with Crippen LogP contribution in [-0.4, -0.2) is 16.0 Å². The van der Waals surface area contributed by atoms with Crippen LogP contribution in [0.4, 0.5) is 4.39 Å². The van der Waals surface area contributed by atoms with E-state index in [1.54, 1.807) is 36.4 Å². The lowest BCUT2D eigenvalue weighted by Gasteiger charge is -2.10. The molecular formula is C19H16FN3O2. The highest BCUT2D eigenvalue weighted by molar-refractivity contribution is 5.93. The zero-order chi connectivity index (χ0) is 17.3. The number of amides is 1. The molecule has 1 fully saturated rings. The third-order valence-corrected chi connectivity index (χ3v) is 4.47. The van der Waals surface area contributed by atoms with Crippen LogP contribution in [0.25, 0.3) is 0 Å². The first-order valence-electron chi connectivity index (χ1n) is 8.10. The number of hydrogen-bond donors (Lipinski definition) is 1. The van der Waals surface area contributed by atoms with Crippen molar-refractivity contribution in [3.05, 3.63) is 83.3 Å². The lowest BCUT2D eigenvalue weighted by molar-refractivity contribution is 0.0949. The zero-order valence-corrected chi connectivity index (χ0v) is 13.4. The normalized spacial score (nSPS) is 14.9. The topological polar surface area (TPSA) is 68.0 Å². The van der Waals surface area contributed by atoms with Crippen molar-refractivity contribution in [3.8, 4) is 0 Å². The summed E-state index contributed by atoms with van der Waals surface area (Å²) < 4.78 is 18.5. The molecule has 0 unspecified atom stereocenters. The summed E-state index contributed by atoms with van der Waals surface area (Å²) in [6, 6.07) is 15.3. The quantitative estimate of drug-likeness (QED) is 0.776.